The lowest BCUT2D eigenvalue weighted by Gasteiger charge is -2.07. The number of anilines is 1. The molecule has 0 saturated heterocycles. The maximum atomic E-state index is 11.9. The summed E-state index contributed by atoms with van der Waals surface area (Å²) >= 11 is 9.30. The van der Waals surface area contributed by atoms with Gasteiger partial charge in [-0.05, 0) is 58.2 Å². The van der Waals surface area contributed by atoms with Gasteiger partial charge in [0, 0.05) is 16.6 Å². The second-order valence-corrected chi connectivity index (χ2v) is 5.79. The number of ether oxygens (including phenoxy) is 1. The van der Waals surface area contributed by atoms with Crippen LogP contribution in [0.3, 0.4) is 0 Å². The summed E-state index contributed by atoms with van der Waals surface area (Å²) in [7, 11) is 1.63. The first kappa shape index (κ1) is 15.9. The molecule has 3 nitrogen and oxygen atoms in total. The molecule has 0 saturated carbocycles. The number of aryl methyl sites for hydroxylation is 1. The third-order valence-corrected chi connectivity index (χ3v) is 4.24. The molecule has 2 aromatic rings. The average molecular weight is 369 g/mol. The number of carbonyl (C=O) groups is 1. The Morgan fingerprint density at radius 3 is 2.57 bits per heavy atom. The van der Waals surface area contributed by atoms with Crippen molar-refractivity contribution in [1.82, 2.24) is 0 Å². The summed E-state index contributed by atoms with van der Waals surface area (Å²) in [5, 5.41) is 3.41. The molecule has 0 unspecified atom stereocenters. The minimum absolute atomic E-state index is 0.0378. The zero-order chi connectivity index (χ0) is 15.2. The van der Waals surface area contributed by atoms with Crippen LogP contribution in [0.4, 0.5) is 5.69 Å². The minimum atomic E-state index is -0.0378. The molecule has 110 valence electrons. The number of benzene rings is 2. The van der Waals surface area contributed by atoms with Gasteiger partial charge in [0.1, 0.15) is 5.75 Å². The summed E-state index contributed by atoms with van der Waals surface area (Å²) in [5.74, 6) is 0.775. The quantitative estimate of drug-likeness (QED) is 0.832. The van der Waals surface area contributed by atoms with Crippen LogP contribution in [-0.4, -0.2) is 13.0 Å². The van der Waals surface area contributed by atoms with Gasteiger partial charge in [0.05, 0.1) is 12.1 Å². The van der Waals surface area contributed by atoms with E-state index in [1.165, 1.54) is 0 Å². The van der Waals surface area contributed by atoms with Crippen molar-refractivity contribution in [2.45, 2.75) is 12.8 Å². The molecule has 0 heterocycles. The Morgan fingerprint density at radius 2 is 1.95 bits per heavy atom. The molecule has 5 heteroatoms. The van der Waals surface area contributed by atoms with E-state index in [-0.39, 0.29) is 5.91 Å². The molecule has 0 aliphatic heterocycles. The standard InChI is InChI=1S/C16H15BrClNO2/c1-21-13-6-2-11(3-7-13)4-9-16(20)19-12-5-8-14(17)15(18)10-12/h2-3,5-8,10H,4,9H2,1H3,(H,19,20). The maximum Gasteiger partial charge on any atom is 0.224 e. The van der Waals surface area contributed by atoms with Crippen molar-refractivity contribution >= 4 is 39.1 Å². The molecule has 0 bridgehead atoms. The van der Waals surface area contributed by atoms with Crippen molar-refractivity contribution < 1.29 is 9.53 Å². The van der Waals surface area contributed by atoms with Gasteiger partial charge in [0.25, 0.3) is 0 Å². The topological polar surface area (TPSA) is 38.3 Å². The Bertz CT molecular complexity index is 629. The highest BCUT2D eigenvalue weighted by Crippen LogP contribution is 2.25. The molecule has 2 aromatic carbocycles. The van der Waals surface area contributed by atoms with E-state index in [0.29, 0.717) is 23.6 Å². The third-order valence-electron chi connectivity index (χ3n) is 3.00. The lowest BCUT2D eigenvalue weighted by molar-refractivity contribution is -0.116. The van der Waals surface area contributed by atoms with E-state index in [0.717, 1.165) is 15.8 Å². The molecular formula is C16H15BrClNO2. The largest absolute Gasteiger partial charge is 0.497 e. The predicted octanol–water partition coefficient (Wildman–Crippen LogP) is 4.68. The highest BCUT2D eigenvalue weighted by molar-refractivity contribution is 9.10. The Morgan fingerprint density at radius 1 is 1.24 bits per heavy atom. The fraction of sp³-hybridized carbons (Fsp3) is 0.188. The number of halogens is 2. The average Bonchev–Trinajstić information content (AvgIpc) is 2.49. The van der Waals surface area contributed by atoms with Crippen molar-refractivity contribution in [3.05, 3.63) is 57.5 Å². The summed E-state index contributed by atoms with van der Waals surface area (Å²) in [6.07, 6.45) is 1.10. The molecule has 21 heavy (non-hydrogen) atoms. The predicted molar refractivity (Wildman–Crippen MR) is 89.1 cm³/mol. The van der Waals surface area contributed by atoms with Crippen molar-refractivity contribution in [1.29, 1.82) is 0 Å². The lowest BCUT2D eigenvalue weighted by atomic mass is 10.1. The van der Waals surface area contributed by atoms with E-state index >= 15 is 0 Å². The van der Waals surface area contributed by atoms with Crippen LogP contribution in [0.5, 0.6) is 5.75 Å². The van der Waals surface area contributed by atoms with Gasteiger partial charge in [-0.1, -0.05) is 23.7 Å². The molecule has 0 aliphatic carbocycles. The first-order valence-electron chi connectivity index (χ1n) is 6.46. The number of hydrogen-bond acceptors (Lipinski definition) is 2. The monoisotopic (exact) mass is 367 g/mol. The smallest absolute Gasteiger partial charge is 0.224 e. The molecular weight excluding hydrogens is 354 g/mol. The van der Waals surface area contributed by atoms with Crippen LogP contribution in [0.15, 0.2) is 46.9 Å². The van der Waals surface area contributed by atoms with Crippen molar-refractivity contribution in [3.63, 3.8) is 0 Å². The maximum absolute atomic E-state index is 11.9. The van der Waals surface area contributed by atoms with E-state index in [1.54, 1.807) is 25.3 Å². The fourth-order valence-corrected chi connectivity index (χ4v) is 2.27. The van der Waals surface area contributed by atoms with Crippen molar-refractivity contribution in [3.8, 4) is 5.75 Å². The fourth-order valence-electron chi connectivity index (χ4n) is 1.85. The molecule has 0 radical (unpaired) electrons. The van der Waals surface area contributed by atoms with E-state index in [9.17, 15) is 4.79 Å². The summed E-state index contributed by atoms with van der Waals surface area (Å²) in [4.78, 5) is 11.9. The van der Waals surface area contributed by atoms with Crippen LogP contribution < -0.4 is 10.1 Å². The van der Waals surface area contributed by atoms with Gasteiger partial charge in [0.2, 0.25) is 5.91 Å². The van der Waals surface area contributed by atoms with Crippen molar-refractivity contribution in [2.24, 2.45) is 0 Å². The van der Waals surface area contributed by atoms with Gasteiger partial charge in [-0.25, -0.2) is 0 Å². The number of nitrogens with one attached hydrogen (secondary N) is 1. The molecule has 0 atom stereocenters. The molecule has 1 amide bonds. The summed E-state index contributed by atoms with van der Waals surface area (Å²) < 4.78 is 5.90. The lowest BCUT2D eigenvalue weighted by Crippen LogP contribution is -2.12. The van der Waals surface area contributed by atoms with Gasteiger partial charge in [0.15, 0.2) is 0 Å². The van der Waals surface area contributed by atoms with Crippen LogP contribution in [0.2, 0.25) is 5.02 Å². The number of methoxy groups -OCH3 is 1. The van der Waals surface area contributed by atoms with Gasteiger partial charge in [-0.2, -0.15) is 0 Å². The number of amides is 1. The zero-order valence-corrected chi connectivity index (χ0v) is 13.9. The molecule has 1 N–H and O–H groups in total. The van der Waals surface area contributed by atoms with E-state index < -0.39 is 0 Å². The molecule has 0 aliphatic rings. The van der Waals surface area contributed by atoms with Crippen LogP contribution in [0, 0.1) is 0 Å². The Kier molecular flexibility index (Phi) is 5.65. The zero-order valence-electron chi connectivity index (χ0n) is 11.5. The number of hydrogen-bond donors (Lipinski definition) is 1. The van der Waals surface area contributed by atoms with Gasteiger partial charge < -0.3 is 10.1 Å². The van der Waals surface area contributed by atoms with Crippen LogP contribution in [0.25, 0.3) is 0 Å². The highest BCUT2D eigenvalue weighted by Gasteiger charge is 2.05. The van der Waals surface area contributed by atoms with E-state index in [4.69, 9.17) is 16.3 Å². The molecule has 0 fully saturated rings. The Labute approximate surface area is 137 Å². The van der Waals surface area contributed by atoms with E-state index in [2.05, 4.69) is 21.2 Å². The number of rotatable bonds is 5. The van der Waals surface area contributed by atoms with Crippen LogP contribution in [0.1, 0.15) is 12.0 Å². The SMILES string of the molecule is COc1ccc(CCC(=O)Nc2ccc(Br)c(Cl)c2)cc1. The normalized spacial score (nSPS) is 10.2. The van der Waals surface area contributed by atoms with Crippen LogP contribution in [-0.2, 0) is 11.2 Å². The first-order chi connectivity index (χ1) is 10.1. The number of carbonyl (C=O) groups excluding carboxylic acids is 1. The minimum Gasteiger partial charge on any atom is -0.497 e. The summed E-state index contributed by atoms with van der Waals surface area (Å²) in [6, 6.07) is 13.0. The third kappa shape index (κ3) is 4.76. The second kappa shape index (κ2) is 7.48. The Hall–Kier alpha value is -1.52. The van der Waals surface area contributed by atoms with Gasteiger partial charge >= 0.3 is 0 Å². The van der Waals surface area contributed by atoms with Gasteiger partial charge in [-0.15, -0.1) is 0 Å². The van der Waals surface area contributed by atoms with Crippen molar-refractivity contribution in [2.75, 3.05) is 12.4 Å². The molecule has 0 spiro atoms. The summed E-state index contributed by atoms with van der Waals surface area (Å²) in [6.45, 7) is 0. The summed E-state index contributed by atoms with van der Waals surface area (Å²) in [5.41, 5.74) is 1.79. The van der Waals surface area contributed by atoms with Crippen LogP contribution >= 0.6 is 27.5 Å². The molecule has 2 rings (SSSR count). The molecule has 0 aromatic heterocycles. The second-order valence-electron chi connectivity index (χ2n) is 4.53. The first-order valence-corrected chi connectivity index (χ1v) is 7.63. The highest BCUT2D eigenvalue weighted by atomic mass is 79.9. The van der Waals surface area contributed by atoms with Gasteiger partial charge in [-0.3, -0.25) is 4.79 Å². The Balaban J connectivity index is 1.87. The van der Waals surface area contributed by atoms with E-state index in [1.807, 2.05) is 24.3 Å².